The molecule has 4 rings (SSSR count). The zero-order valence-electron chi connectivity index (χ0n) is 14.8. The maximum absolute atomic E-state index is 5.80. The quantitative estimate of drug-likeness (QED) is 0.665. The van der Waals surface area contributed by atoms with E-state index in [4.69, 9.17) is 9.15 Å². The zero-order chi connectivity index (χ0) is 17.1. The second kappa shape index (κ2) is 7.32. The van der Waals surface area contributed by atoms with Crippen LogP contribution in [-0.2, 0) is 6.42 Å². The fraction of sp³-hybridized carbons (Fsp3) is 0.364. The van der Waals surface area contributed by atoms with Crippen LogP contribution in [-0.4, -0.2) is 31.6 Å². The van der Waals surface area contributed by atoms with Crippen LogP contribution in [0.2, 0.25) is 0 Å². The Kier molecular flexibility index (Phi) is 4.75. The third-order valence-electron chi connectivity index (χ3n) is 5.32. The first kappa shape index (κ1) is 16.2. The lowest BCUT2D eigenvalue weighted by Gasteiger charge is -2.33. The minimum absolute atomic E-state index is 0.595. The Morgan fingerprint density at radius 2 is 2.08 bits per heavy atom. The van der Waals surface area contributed by atoms with E-state index in [2.05, 4.69) is 47.4 Å². The average Bonchev–Trinajstić information content (AvgIpc) is 3.10. The first-order valence-electron chi connectivity index (χ1n) is 9.15. The summed E-state index contributed by atoms with van der Waals surface area (Å²) in [5.74, 6) is 2.66. The SMILES string of the molecule is COc1cccc(C2CCCN(CCc3occ4ccccc34)C2)c1. The minimum Gasteiger partial charge on any atom is -0.497 e. The minimum atomic E-state index is 0.595. The Morgan fingerprint density at radius 1 is 1.16 bits per heavy atom. The molecular weight excluding hydrogens is 310 g/mol. The number of methoxy groups -OCH3 is 1. The van der Waals surface area contributed by atoms with Gasteiger partial charge in [0.15, 0.2) is 0 Å². The van der Waals surface area contributed by atoms with Crippen LogP contribution in [0.3, 0.4) is 0 Å². The summed E-state index contributed by atoms with van der Waals surface area (Å²) >= 11 is 0. The highest BCUT2D eigenvalue weighted by Crippen LogP contribution is 2.29. The molecule has 0 aliphatic carbocycles. The molecule has 3 heteroatoms. The molecule has 2 aromatic carbocycles. The van der Waals surface area contributed by atoms with Crippen LogP contribution >= 0.6 is 0 Å². The molecule has 1 unspecified atom stereocenters. The summed E-state index contributed by atoms with van der Waals surface area (Å²) in [6.07, 6.45) is 5.35. The molecule has 3 aromatic rings. The second-order valence-electron chi connectivity index (χ2n) is 6.91. The van der Waals surface area contributed by atoms with Gasteiger partial charge in [-0.2, -0.15) is 0 Å². The van der Waals surface area contributed by atoms with Gasteiger partial charge in [-0.25, -0.2) is 0 Å². The fourth-order valence-corrected chi connectivity index (χ4v) is 3.93. The number of ether oxygens (including phenoxy) is 1. The first-order valence-corrected chi connectivity index (χ1v) is 9.15. The van der Waals surface area contributed by atoms with Crippen LogP contribution in [0.25, 0.3) is 10.8 Å². The molecule has 1 saturated heterocycles. The zero-order valence-corrected chi connectivity index (χ0v) is 14.8. The molecule has 0 saturated carbocycles. The van der Waals surface area contributed by atoms with Gasteiger partial charge in [-0.05, 0) is 43.0 Å². The Morgan fingerprint density at radius 3 is 3.00 bits per heavy atom. The van der Waals surface area contributed by atoms with Crippen molar-refractivity contribution < 1.29 is 9.15 Å². The number of hydrogen-bond acceptors (Lipinski definition) is 3. The van der Waals surface area contributed by atoms with Crippen molar-refractivity contribution in [1.82, 2.24) is 4.90 Å². The van der Waals surface area contributed by atoms with Crippen LogP contribution < -0.4 is 4.74 Å². The number of piperidine rings is 1. The lowest BCUT2D eigenvalue weighted by Crippen LogP contribution is -2.35. The van der Waals surface area contributed by atoms with Gasteiger partial charge in [0.1, 0.15) is 11.5 Å². The molecule has 1 aliphatic heterocycles. The molecule has 1 aromatic heterocycles. The van der Waals surface area contributed by atoms with Crippen LogP contribution in [0, 0.1) is 0 Å². The molecule has 2 heterocycles. The van der Waals surface area contributed by atoms with E-state index in [1.165, 1.54) is 35.7 Å². The summed E-state index contributed by atoms with van der Waals surface area (Å²) in [5, 5.41) is 2.45. The Hall–Kier alpha value is -2.26. The van der Waals surface area contributed by atoms with Gasteiger partial charge >= 0.3 is 0 Å². The van der Waals surface area contributed by atoms with Crippen molar-refractivity contribution in [2.24, 2.45) is 0 Å². The second-order valence-corrected chi connectivity index (χ2v) is 6.91. The summed E-state index contributed by atoms with van der Waals surface area (Å²) in [7, 11) is 1.74. The van der Waals surface area contributed by atoms with Gasteiger partial charge in [0.25, 0.3) is 0 Å². The van der Waals surface area contributed by atoms with Crippen molar-refractivity contribution in [3.63, 3.8) is 0 Å². The van der Waals surface area contributed by atoms with Gasteiger partial charge in [-0.1, -0.05) is 36.4 Å². The van der Waals surface area contributed by atoms with Gasteiger partial charge < -0.3 is 14.1 Å². The van der Waals surface area contributed by atoms with Gasteiger partial charge in [0.05, 0.1) is 13.4 Å². The molecule has 0 spiro atoms. The summed E-state index contributed by atoms with van der Waals surface area (Å²) < 4.78 is 11.2. The van der Waals surface area contributed by atoms with E-state index in [1.807, 2.05) is 12.3 Å². The normalized spacial score (nSPS) is 18.5. The molecule has 25 heavy (non-hydrogen) atoms. The molecule has 3 nitrogen and oxygen atoms in total. The summed E-state index contributed by atoms with van der Waals surface area (Å²) in [6.45, 7) is 3.35. The first-order chi connectivity index (χ1) is 12.3. The number of benzene rings is 2. The Bertz CT molecular complexity index is 839. The molecule has 0 N–H and O–H groups in total. The molecule has 0 bridgehead atoms. The molecule has 1 aliphatic rings. The summed E-state index contributed by atoms with van der Waals surface area (Å²) in [5.41, 5.74) is 1.40. The molecule has 0 amide bonds. The number of likely N-dealkylation sites (tertiary alicyclic amines) is 1. The molecule has 0 radical (unpaired) electrons. The van der Waals surface area contributed by atoms with Crippen molar-refractivity contribution in [2.75, 3.05) is 26.7 Å². The predicted molar refractivity (Wildman–Crippen MR) is 101 cm³/mol. The van der Waals surface area contributed by atoms with Crippen LogP contribution in [0.15, 0.2) is 59.2 Å². The predicted octanol–water partition coefficient (Wildman–Crippen LogP) is 4.86. The smallest absolute Gasteiger partial charge is 0.119 e. The topological polar surface area (TPSA) is 25.6 Å². The monoisotopic (exact) mass is 335 g/mol. The van der Waals surface area contributed by atoms with Crippen molar-refractivity contribution in [2.45, 2.75) is 25.2 Å². The lowest BCUT2D eigenvalue weighted by molar-refractivity contribution is 0.207. The average molecular weight is 335 g/mol. The standard InChI is InChI=1S/C22H25NO2/c1-24-20-9-4-7-17(14-20)18-8-5-12-23(15-18)13-11-22-21-10-3-2-6-19(21)16-25-22/h2-4,6-7,9-10,14,16,18H,5,8,11-13,15H2,1H3. The third-order valence-corrected chi connectivity index (χ3v) is 5.32. The maximum Gasteiger partial charge on any atom is 0.119 e. The van der Waals surface area contributed by atoms with Crippen molar-refractivity contribution in [1.29, 1.82) is 0 Å². The van der Waals surface area contributed by atoms with Crippen molar-refractivity contribution in [3.05, 3.63) is 66.1 Å². The Balaban J connectivity index is 1.41. The van der Waals surface area contributed by atoms with E-state index >= 15 is 0 Å². The van der Waals surface area contributed by atoms with Crippen molar-refractivity contribution in [3.8, 4) is 5.75 Å². The van der Waals surface area contributed by atoms with Gasteiger partial charge in [-0.3, -0.25) is 0 Å². The van der Waals surface area contributed by atoms with E-state index in [9.17, 15) is 0 Å². The highest BCUT2D eigenvalue weighted by Gasteiger charge is 2.22. The van der Waals surface area contributed by atoms with E-state index in [1.54, 1.807) is 7.11 Å². The number of furan rings is 1. The third kappa shape index (κ3) is 3.57. The molecular formula is C22H25NO2. The highest BCUT2D eigenvalue weighted by molar-refractivity contribution is 5.83. The molecule has 1 fully saturated rings. The van der Waals surface area contributed by atoms with E-state index in [-0.39, 0.29) is 0 Å². The van der Waals surface area contributed by atoms with Gasteiger partial charge in [-0.15, -0.1) is 0 Å². The lowest BCUT2D eigenvalue weighted by atomic mass is 9.90. The maximum atomic E-state index is 5.80. The van der Waals surface area contributed by atoms with Gasteiger partial charge in [0, 0.05) is 30.3 Å². The van der Waals surface area contributed by atoms with E-state index < -0.39 is 0 Å². The van der Waals surface area contributed by atoms with Crippen LogP contribution in [0.1, 0.15) is 30.1 Å². The number of nitrogens with zero attached hydrogens (tertiary/aromatic N) is 1. The van der Waals surface area contributed by atoms with Crippen molar-refractivity contribution >= 4 is 10.8 Å². The number of rotatable bonds is 5. The van der Waals surface area contributed by atoms with Crippen LogP contribution in [0.4, 0.5) is 0 Å². The van der Waals surface area contributed by atoms with E-state index in [0.717, 1.165) is 31.0 Å². The summed E-state index contributed by atoms with van der Waals surface area (Å²) in [4.78, 5) is 2.57. The van der Waals surface area contributed by atoms with E-state index in [0.29, 0.717) is 5.92 Å². The summed E-state index contributed by atoms with van der Waals surface area (Å²) in [6, 6.07) is 17.0. The number of fused-ring (bicyclic) bond motifs is 1. The molecule has 130 valence electrons. The largest absolute Gasteiger partial charge is 0.497 e. The van der Waals surface area contributed by atoms with Gasteiger partial charge in [0.2, 0.25) is 0 Å². The Labute approximate surface area is 149 Å². The molecule has 1 atom stereocenters. The number of hydrogen-bond donors (Lipinski definition) is 0. The fourth-order valence-electron chi connectivity index (χ4n) is 3.93. The highest BCUT2D eigenvalue weighted by atomic mass is 16.5. The van der Waals surface area contributed by atoms with Crippen LogP contribution in [0.5, 0.6) is 5.75 Å².